The average molecular weight is 339 g/mol. The van der Waals surface area contributed by atoms with Crippen molar-refractivity contribution in [3.05, 3.63) is 47.7 Å². The van der Waals surface area contributed by atoms with Gasteiger partial charge in [-0.3, -0.25) is 4.79 Å². The van der Waals surface area contributed by atoms with Crippen molar-refractivity contribution in [2.75, 3.05) is 25.5 Å². The van der Waals surface area contributed by atoms with Crippen LogP contribution in [0.25, 0.3) is 0 Å². The summed E-state index contributed by atoms with van der Waals surface area (Å²) in [5.41, 5.74) is 1.10. The topological polar surface area (TPSA) is 70.5 Å². The van der Waals surface area contributed by atoms with Gasteiger partial charge in [-0.25, -0.2) is 14.4 Å². The molecule has 1 aromatic heterocycles. The molecule has 7 nitrogen and oxygen atoms in total. The normalized spacial score (nSPS) is 22.1. The lowest BCUT2D eigenvalue weighted by Gasteiger charge is -2.22. The van der Waals surface area contributed by atoms with E-state index in [0.717, 1.165) is 24.1 Å². The smallest absolute Gasteiger partial charge is 0.319 e. The fourth-order valence-electron chi connectivity index (χ4n) is 3.73. The Morgan fingerprint density at radius 1 is 1.24 bits per heavy atom. The number of fused-ring (bicyclic) bond motifs is 2. The Bertz CT molecular complexity index is 843. The molecule has 0 radical (unpaired) electrons. The Balaban J connectivity index is 1.69. The predicted octanol–water partition coefficient (Wildman–Crippen LogP) is 1.34. The SMILES string of the molecule is CN(C)CCn1nccc1N1C(=O)NC2(CCc3ccccc32)C1=O. The molecular weight excluding hydrogens is 318 g/mol. The lowest BCUT2D eigenvalue weighted by atomic mass is 9.92. The fraction of sp³-hybridized carbons (Fsp3) is 0.389. The molecule has 1 aliphatic carbocycles. The van der Waals surface area contributed by atoms with E-state index in [1.54, 1.807) is 16.9 Å². The third kappa shape index (κ3) is 2.34. The summed E-state index contributed by atoms with van der Waals surface area (Å²) in [5, 5.41) is 7.23. The number of anilines is 1. The first kappa shape index (κ1) is 15.8. The van der Waals surface area contributed by atoms with Gasteiger partial charge in [0.05, 0.1) is 12.7 Å². The van der Waals surface area contributed by atoms with Crippen LogP contribution in [0.5, 0.6) is 0 Å². The van der Waals surface area contributed by atoms with Crippen LogP contribution in [0, 0.1) is 0 Å². The van der Waals surface area contributed by atoms with E-state index in [2.05, 4.69) is 10.4 Å². The Morgan fingerprint density at radius 2 is 2.04 bits per heavy atom. The minimum atomic E-state index is -0.940. The minimum absolute atomic E-state index is 0.214. The largest absolute Gasteiger partial charge is 0.331 e. The molecule has 0 bridgehead atoms. The number of aromatic nitrogens is 2. The third-order valence-electron chi connectivity index (χ3n) is 5.02. The summed E-state index contributed by atoms with van der Waals surface area (Å²) in [6, 6.07) is 9.17. The van der Waals surface area contributed by atoms with Crippen LogP contribution in [0.15, 0.2) is 36.5 Å². The zero-order valence-electron chi connectivity index (χ0n) is 14.4. The van der Waals surface area contributed by atoms with E-state index in [9.17, 15) is 9.59 Å². The molecule has 1 unspecified atom stereocenters. The molecule has 3 amide bonds. The lowest BCUT2D eigenvalue weighted by molar-refractivity contribution is -0.122. The number of nitrogens with one attached hydrogen (secondary N) is 1. The van der Waals surface area contributed by atoms with Crippen LogP contribution in [-0.2, 0) is 23.3 Å². The van der Waals surface area contributed by atoms with E-state index in [-0.39, 0.29) is 11.9 Å². The zero-order chi connectivity index (χ0) is 17.6. The van der Waals surface area contributed by atoms with Crippen molar-refractivity contribution in [2.24, 2.45) is 0 Å². The summed E-state index contributed by atoms with van der Waals surface area (Å²) in [7, 11) is 3.95. The molecule has 1 aromatic carbocycles. The number of rotatable bonds is 4. The molecule has 2 aromatic rings. The van der Waals surface area contributed by atoms with Crippen molar-refractivity contribution >= 4 is 17.8 Å². The van der Waals surface area contributed by atoms with Crippen molar-refractivity contribution < 1.29 is 9.59 Å². The molecular formula is C18H21N5O2. The first-order valence-electron chi connectivity index (χ1n) is 8.44. The highest BCUT2D eigenvalue weighted by Crippen LogP contribution is 2.42. The number of amides is 3. The van der Waals surface area contributed by atoms with Gasteiger partial charge in [-0.15, -0.1) is 0 Å². The molecule has 1 saturated heterocycles. The van der Waals surface area contributed by atoms with Crippen molar-refractivity contribution in [2.45, 2.75) is 24.9 Å². The van der Waals surface area contributed by atoms with Crippen molar-refractivity contribution in [1.29, 1.82) is 0 Å². The summed E-state index contributed by atoms with van der Waals surface area (Å²) in [4.78, 5) is 29.2. The van der Waals surface area contributed by atoms with Gasteiger partial charge in [0.2, 0.25) is 0 Å². The van der Waals surface area contributed by atoms with Crippen LogP contribution in [0.4, 0.5) is 10.6 Å². The number of carbonyl (C=O) groups excluding carboxylic acids is 2. The van der Waals surface area contributed by atoms with Crippen LogP contribution in [0.2, 0.25) is 0 Å². The second-order valence-corrected chi connectivity index (χ2v) is 6.85. The number of aryl methyl sites for hydroxylation is 1. The number of hydrogen-bond acceptors (Lipinski definition) is 4. The Hall–Kier alpha value is -2.67. The van der Waals surface area contributed by atoms with Gasteiger partial charge in [0.1, 0.15) is 11.4 Å². The molecule has 2 heterocycles. The zero-order valence-corrected chi connectivity index (χ0v) is 14.4. The summed E-state index contributed by atoms with van der Waals surface area (Å²) in [6.07, 6.45) is 3.01. The van der Waals surface area contributed by atoms with Gasteiger partial charge >= 0.3 is 6.03 Å². The Labute approximate surface area is 146 Å². The van der Waals surface area contributed by atoms with Crippen LogP contribution >= 0.6 is 0 Å². The number of benzene rings is 1. The van der Waals surface area contributed by atoms with Gasteiger partial charge in [-0.2, -0.15) is 5.10 Å². The van der Waals surface area contributed by atoms with Gasteiger partial charge < -0.3 is 10.2 Å². The van der Waals surface area contributed by atoms with E-state index < -0.39 is 5.54 Å². The van der Waals surface area contributed by atoms with E-state index in [4.69, 9.17) is 0 Å². The first-order chi connectivity index (χ1) is 12.0. The molecule has 1 fully saturated rings. The molecule has 25 heavy (non-hydrogen) atoms. The number of nitrogens with zero attached hydrogens (tertiary/aromatic N) is 4. The van der Waals surface area contributed by atoms with Gasteiger partial charge in [0.25, 0.3) is 5.91 Å². The van der Waals surface area contributed by atoms with E-state index in [1.165, 1.54) is 4.90 Å². The first-order valence-corrected chi connectivity index (χ1v) is 8.44. The summed E-state index contributed by atoms with van der Waals surface area (Å²) >= 11 is 0. The summed E-state index contributed by atoms with van der Waals surface area (Å²) < 4.78 is 1.71. The number of urea groups is 1. The van der Waals surface area contributed by atoms with Crippen LogP contribution in [-0.4, -0.2) is 47.3 Å². The quantitative estimate of drug-likeness (QED) is 0.854. The second kappa shape index (κ2) is 5.70. The Kier molecular flexibility index (Phi) is 3.61. The van der Waals surface area contributed by atoms with Crippen molar-refractivity contribution in [3.63, 3.8) is 0 Å². The van der Waals surface area contributed by atoms with Crippen molar-refractivity contribution in [3.8, 4) is 0 Å². The third-order valence-corrected chi connectivity index (χ3v) is 5.02. The molecule has 130 valence electrons. The standard InChI is InChI=1S/C18H21N5O2/c1-21(2)11-12-22-15(8-10-19-22)23-16(24)18(20-17(23)25)9-7-13-5-3-4-6-14(13)18/h3-6,8,10H,7,9,11-12H2,1-2H3,(H,20,25). The minimum Gasteiger partial charge on any atom is -0.319 e. The summed E-state index contributed by atoms with van der Waals surface area (Å²) in [6.45, 7) is 1.38. The van der Waals surface area contributed by atoms with Crippen LogP contribution in [0.3, 0.4) is 0 Å². The highest BCUT2D eigenvalue weighted by atomic mass is 16.2. The van der Waals surface area contributed by atoms with Crippen LogP contribution in [0.1, 0.15) is 17.5 Å². The van der Waals surface area contributed by atoms with E-state index >= 15 is 0 Å². The molecule has 1 aliphatic heterocycles. The molecule has 1 N–H and O–H groups in total. The second-order valence-electron chi connectivity index (χ2n) is 6.85. The maximum atomic E-state index is 13.3. The highest BCUT2D eigenvalue weighted by Gasteiger charge is 2.56. The number of hydrogen-bond donors (Lipinski definition) is 1. The molecule has 4 rings (SSSR count). The van der Waals surface area contributed by atoms with E-state index in [1.807, 2.05) is 43.3 Å². The number of likely N-dealkylation sites (N-methyl/N-ethyl adjacent to an activating group) is 1. The molecule has 1 spiro atoms. The maximum Gasteiger partial charge on any atom is 0.331 e. The molecule has 7 heteroatoms. The molecule has 2 aliphatic rings. The van der Waals surface area contributed by atoms with Gasteiger partial charge in [-0.1, -0.05) is 24.3 Å². The molecule has 1 atom stereocenters. The van der Waals surface area contributed by atoms with E-state index in [0.29, 0.717) is 18.8 Å². The average Bonchev–Trinajstić information content (AvgIpc) is 3.25. The maximum absolute atomic E-state index is 13.3. The Morgan fingerprint density at radius 3 is 2.84 bits per heavy atom. The van der Waals surface area contributed by atoms with Crippen LogP contribution < -0.4 is 10.2 Å². The van der Waals surface area contributed by atoms with Gasteiger partial charge in [0.15, 0.2) is 0 Å². The van der Waals surface area contributed by atoms with Gasteiger partial charge in [0, 0.05) is 12.6 Å². The monoisotopic (exact) mass is 339 g/mol. The highest BCUT2D eigenvalue weighted by molar-refractivity contribution is 6.23. The fourth-order valence-corrected chi connectivity index (χ4v) is 3.73. The predicted molar refractivity (Wildman–Crippen MR) is 93.2 cm³/mol. The summed E-state index contributed by atoms with van der Waals surface area (Å²) in [5.74, 6) is 0.305. The number of carbonyl (C=O) groups is 2. The van der Waals surface area contributed by atoms with Gasteiger partial charge in [-0.05, 0) is 38.1 Å². The lowest BCUT2D eigenvalue weighted by Crippen LogP contribution is -2.42. The van der Waals surface area contributed by atoms with Crippen molar-refractivity contribution in [1.82, 2.24) is 20.0 Å². The number of imide groups is 1. The molecule has 0 saturated carbocycles.